The predicted octanol–water partition coefficient (Wildman–Crippen LogP) is 4.47. The number of benzene rings is 1. The largest absolute Gasteiger partial charge is 0.220 e. The molecular weight excluding hydrogens is 240 g/mol. The zero-order valence-corrected chi connectivity index (χ0v) is 11.3. The van der Waals surface area contributed by atoms with Gasteiger partial charge in [0.05, 0.1) is 5.71 Å². The molecule has 0 aromatic heterocycles. The van der Waals surface area contributed by atoms with Crippen LogP contribution in [0, 0.1) is 17.6 Å². The molecule has 0 bridgehead atoms. The monoisotopic (exact) mass is 257 g/mol. The van der Waals surface area contributed by atoms with E-state index < -0.39 is 11.6 Å². The fourth-order valence-corrected chi connectivity index (χ4v) is 1.78. The summed E-state index contributed by atoms with van der Waals surface area (Å²) in [7, 11) is 0. The minimum Gasteiger partial charge on any atom is -0.220 e. The summed E-state index contributed by atoms with van der Waals surface area (Å²) in [5.74, 6) is -0.624. The quantitative estimate of drug-likeness (QED) is 0.572. The zero-order chi connectivity index (χ0) is 13.0. The van der Waals surface area contributed by atoms with E-state index >= 15 is 0 Å². The SMILES string of the molecule is CC(=NSC(C)C(C)C)c1ccc(F)cc1F. The molecule has 1 aromatic carbocycles. The van der Waals surface area contributed by atoms with Gasteiger partial charge in [-0.2, -0.15) is 0 Å². The zero-order valence-electron chi connectivity index (χ0n) is 10.5. The molecule has 1 unspecified atom stereocenters. The molecule has 17 heavy (non-hydrogen) atoms. The van der Waals surface area contributed by atoms with Crippen molar-refractivity contribution in [3.05, 3.63) is 35.4 Å². The molecule has 0 spiro atoms. The highest BCUT2D eigenvalue weighted by atomic mass is 32.2. The maximum atomic E-state index is 13.5. The number of halogens is 2. The van der Waals surface area contributed by atoms with Crippen molar-refractivity contribution >= 4 is 17.7 Å². The van der Waals surface area contributed by atoms with Crippen LogP contribution in [0.2, 0.25) is 0 Å². The highest BCUT2D eigenvalue weighted by Crippen LogP contribution is 2.21. The average molecular weight is 257 g/mol. The van der Waals surface area contributed by atoms with E-state index in [-0.39, 0.29) is 0 Å². The van der Waals surface area contributed by atoms with Crippen LogP contribution in [0.4, 0.5) is 8.78 Å². The van der Waals surface area contributed by atoms with Crippen molar-refractivity contribution in [3.63, 3.8) is 0 Å². The van der Waals surface area contributed by atoms with Crippen molar-refractivity contribution in [1.82, 2.24) is 0 Å². The first-order valence-corrected chi connectivity index (χ1v) is 6.41. The van der Waals surface area contributed by atoms with Gasteiger partial charge in [0, 0.05) is 16.9 Å². The minimum atomic E-state index is -0.567. The van der Waals surface area contributed by atoms with Gasteiger partial charge >= 0.3 is 0 Å². The van der Waals surface area contributed by atoms with Gasteiger partial charge in [0.25, 0.3) is 0 Å². The summed E-state index contributed by atoms with van der Waals surface area (Å²) in [6.07, 6.45) is 0. The Labute approximate surface area is 105 Å². The summed E-state index contributed by atoms with van der Waals surface area (Å²) in [4.78, 5) is 0. The van der Waals surface area contributed by atoms with Gasteiger partial charge in [0.2, 0.25) is 0 Å². The van der Waals surface area contributed by atoms with Crippen LogP contribution < -0.4 is 0 Å². The standard InChI is InChI=1S/C13H17F2NS/c1-8(2)10(4)17-16-9(3)12-6-5-11(14)7-13(12)15/h5-8,10H,1-4H3. The first-order valence-electron chi connectivity index (χ1n) is 5.57. The molecule has 0 saturated carbocycles. The molecule has 1 aromatic rings. The molecule has 1 nitrogen and oxygen atoms in total. The van der Waals surface area contributed by atoms with Gasteiger partial charge in [-0.25, -0.2) is 13.2 Å². The Bertz CT molecular complexity index is 416. The number of hydrogen-bond acceptors (Lipinski definition) is 2. The highest BCUT2D eigenvalue weighted by Gasteiger charge is 2.10. The minimum absolute atomic E-state index is 0.356. The predicted molar refractivity (Wildman–Crippen MR) is 70.5 cm³/mol. The smallest absolute Gasteiger partial charge is 0.135 e. The lowest BCUT2D eigenvalue weighted by atomic mass is 10.1. The van der Waals surface area contributed by atoms with Crippen LogP contribution in [0.5, 0.6) is 0 Å². The van der Waals surface area contributed by atoms with Gasteiger partial charge in [-0.05, 0) is 36.9 Å². The van der Waals surface area contributed by atoms with Crippen molar-refractivity contribution in [2.24, 2.45) is 10.3 Å². The Morgan fingerprint density at radius 2 is 1.88 bits per heavy atom. The highest BCUT2D eigenvalue weighted by molar-refractivity contribution is 7.98. The van der Waals surface area contributed by atoms with Gasteiger partial charge in [-0.15, -0.1) is 0 Å². The summed E-state index contributed by atoms with van der Waals surface area (Å²) >= 11 is 1.43. The van der Waals surface area contributed by atoms with Gasteiger partial charge in [-0.3, -0.25) is 0 Å². The fraction of sp³-hybridized carbons (Fsp3) is 0.462. The van der Waals surface area contributed by atoms with Crippen molar-refractivity contribution < 1.29 is 8.78 Å². The van der Waals surface area contributed by atoms with Gasteiger partial charge in [0.1, 0.15) is 11.6 Å². The van der Waals surface area contributed by atoms with Crippen molar-refractivity contribution in [2.75, 3.05) is 0 Å². The number of rotatable bonds is 4. The molecule has 0 amide bonds. The van der Waals surface area contributed by atoms with Crippen LogP contribution in [-0.4, -0.2) is 11.0 Å². The lowest BCUT2D eigenvalue weighted by molar-refractivity contribution is 0.582. The van der Waals surface area contributed by atoms with E-state index in [1.165, 1.54) is 24.1 Å². The Kier molecular flexibility index (Phi) is 5.12. The van der Waals surface area contributed by atoms with Crippen LogP contribution in [0.3, 0.4) is 0 Å². The normalized spacial score (nSPS) is 14.2. The molecule has 1 atom stereocenters. The van der Waals surface area contributed by atoms with Crippen molar-refractivity contribution in [1.29, 1.82) is 0 Å². The first kappa shape index (κ1) is 14.2. The lowest BCUT2D eigenvalue weighted by Gasteiger charge is -2.11. The van der Waals surface area contributed by atoms with E-state index in [0.717, 1.165) is 6.07 Å². The second-order valence-corrected chi connectivity index (χ2v) is 5.49. The van der Waals surface area contributed by atoms with Crippen LogP contribution in [0.1, 0.15) is 33.3 Å². The molecule has 94 valence electrons. The molecule has 0 radical (unpaired) electrons. The molecule has 4 heteroatoms. The van der Waals surface area contributed by atoms with Crippen molar-refractivity contribution in [3.8, 4) is 0 Å². The van der Waals surface area contributed by atoms with Crippen LogP contribution in [-0.2, 0) is 0 Å². The Hall–Kier alpha value is -0.900. The van der Waals surface area contributed by atoms with Crippen molar-refractivity contribution in [2.45, 2.75) is 32.9 Å². The second-order valence-electron chi connectivity index (χ2n) is 4.36. The summed E-state index contributed by atoms with van der Waals surface area (Å²) in [6.45, 7) is 8.03. The van der Waals surface area contributed by atoms with Crippen LogP contribution >= 0.6 is 11.9 Å². The van der Waals surface area contributed by atoms with Gasteiger partial charge in [0.15, 0.2) is 0 Å². The van der Waals surface area contributed by atoms with E-state index in [1.54, 1.807) is 6.92 Å². The Morgan fingerprint density at radius 1 is 1.24 bits per heavy atom. The molecular formula is C13H17F2NS. The number of nitrogens with zero attached hydrogens (tertiary/aromatic N) is 1. The third-order valence-corrected chi connectivity index (χ3v) is 3.87. The van der Waals surface area contributed by atoms with Crippen LogP contribution in [0.15, 0.2) is 22.6 Å². The summed E-state index contributed by atoms with van der Waals surface area (Å²) in [6, 6.07) is 3.54. The Balaban J connectivity index is 2.81. The molecule has 0 fully saturated rings. The molecule has 0 aliphatic carbocycles. The van der Waals surface area contributed by atoms with Crippen LogP contribution in [0.25, 0.3) is 0 Å². The van der Waals surface area contributed by atoms with Gasteiger partial charge < -0.3 is 0 Å². The topological polar surface area (TPSA) is 12.4 Å². The van der Waals surface area contributed by atoms with Gasteiger partial charge in [-0.1, -0.05) is 20.8 Å². The summed E-state index contributed by atoms with van der Waals surface area (Å²) < 4.78 is 30.5. The van der Waals surface area contributed by atoms with E-state index in [4.69, 9.17) is 0 Å². The molecule has 0 saturated heterocycles. The fourth-order valence-electron chi connectivity index (χ4n) is 1.12. The summed E-state index contributed by atoms with van der Waals surface area (Å²) in [5.41, 5.74) is 0.940. The molecule has 0 heterocycles. The van der Waals surface area contributed by atoms with E-state index in [9.17, 15) is 8.78 Å². The van der Waals surface area contributed by atoms with E-state index in [2.05, 4.69) is 25.2 Å². The molecule has 0 N–H and O–H groups in total. The maximum absolute atomic E-state index is 13.5. The Morgan fingerprint density at radius 3 is 2.41 bits per heavy atom. The molecule has 0 aliphatic rings. The maximum Gasteiger partial charge on any atom is 0.135 e. The second kappa shape index (κ2) is 6.15. The number of hydrogen-bond donors (Lipinski definition) is 0. The lowest BCUT2D eigenvalue weighted by Crippen LogP contribution is -2.05. The van der Waals surface area contributed by atoms with E-state index in [1.807, 2.05) is 0 Å². The third kappa shape index (κ3) is 4.11. The first-order chi connectivity index (χ1) is 7.91. The van der Waals surface area contributed by atoms with E-state index in [0.29, 0.717) is 22.4 Å². The summed E-state index contributed by atoms with van der Waals surface area (Å²) in [5, 5.41) is 0.369. The third-order valence-electron chi connectivity index (χ3n) is 2.62. The average Bonchev–Trinajstić information content (AvgIpc) is 2.25. The molecule has 1 rings (SSSR count). The molecule has 0 aliphatic heterocycles.